The maximum Gasteiger partial charge on any atom is 0.191 e. The Kier molecular flexibility index (Phi) is 5.80. The second-order valence-corrected chi connectivity index (χ2v) is 6.88. The van der Waals surface area contributed by atoms with Crippen molar-refractivity contribution in [1.29, 1.82) is 0 Å². The molecule has 0 aliphatic rings. The average Bonchev–Trinajstić information content (AvgIpc) is 3.21. The van der Waals surface area contributed by atoms with Crippen LogP contribution in [0.25, 0.3) is 11.4 Å². The molecule has 0 atom stereocenters. The number of aromatic nitrogens is 7. The fourth-order valence-corrected chi connectivity index (χ4v) is 3.56. The van der Waals surface area contributed by atoms with Crippen molar-refractivity contribution in [2.45, 2.75) is 57.6 Å². The third-order valence-electron chi connectivity index (χ3n) is 3.81. The third kappa shape index (κ3) is 4.07. The fourth-order valence-electron chi connectivity index (χ4n) is 2.66. The summed E-state index contributed by atoms with van der Waals surface area (Å²) in [4.78, 5) is 0. The van der Waals surface area contributed by atoms with Crippen LogP contribution < -0.4 is 0 Å². The van der Waals surface area contributed by atoms with Crippen LogP contribution >= 0.6 is 11.8 Å². The van der Waals surface area contributed by atoms with Gasteiger partial charge in [-0.3, -0.25) is 0 Å². The predicted octanol–water partition coefficient (Wildman–Crippen LogP) is 3.35. The highest BCUT2D eigenvalue weighted by molar-refractivity contribution is 7.98. The van der Waals surface area contributed by atoms with Crippen LogP contribution in [0.15, 0.2) is 29.4 Å². The summed E-state index contributed by atoms with van der Waals surface area (Å²) in [6.45, 7) is 8.09. The number of hydrogen-bond acceptors (Lipinski definition) is 6. The monoisotopic (exact) mass is 357 g/mol. The van der Waals surface area contributed by atoms with Crippen molar-refractivity contribution in [2.75, 3.05) is 0 Å². The molecular formula is C17H23N7S. The molecule has 0 saturated heterocycles. The van der Waals surface area contributed by atoms with E-state index in [1.54, 1.807) is 11.8 Å². The summed E-state index contributed by atoms with van der Waals surface area (Å²) in [5.41, 5.74) is 2.32. The molecule has 8 heteroatoms. The van der Waals surface area contributed by atoms with E-state index in [1.807, 2.05) is 4.68 Å². The highest BCUT2D eigenvalue weighted by atomic mass is 32.2. The van der Waals surface area contributed by atoms with E-state index in [0.717, 1.165) is 48.3 Å². The smallest absolute Gasteiger partial charge is 0.191 e. The standard InChI is InChI=1S/C17H23N7S/c1-4-9-23-16(14-8-6-7-13(3)11-14)19-20-17(23)25-12-15-18-21-22-24(15)10-5-2/h6-8,11H,4-5,9-10,12H2,1-3H3. The highest BCUT2D eigenvalue weighted by Crippen LogP contribution is 2.26. The highest BCUT2D eigenvalue weighted by Gasteiger charge is 2.15. The Morgan fingerprint density at radius 1 is 1.04 bits per heavy atom. The molecule has 0 bridgehead atoms. The lowest BCUT2D eigenvalue weighted by molar-refractivity contribution is 0.564. The number of thioether (sulfide) groups is 1. The Morgan fingerprint density at radius 3 is 2.64 bits per heavy atom. The van der Waals surface area contributed by atoms with E-state index in [0.29, 0.717) is 5.75 Å². The minimum atomic E-state index is 0.683. The van der Waals surface area contributed by atoms with Crippen LogP contribution in [0.3, 0.4) is 0 Å². The van der Waals surface area contributed by atoms with E-state index in [2.05, 4.69) is 75.3 Å². The number of rotatable bonds is 8. The number of tetrazole rings is 1. The number of nitrogens with zero attached hydrogens (tertiary/aromatic N) is 7. The predicted molar refractivity (Wildman–Crippen MR) is 98.2 cm³/mol. The minimum Gasteiger partial charge on any atom is -0.302 e. The van der Waals surface area contributed by atoms with Gasteiger partial charge in [-0.15, -0.1) is 15.3 Å². The van der Waals surface area contributed by atoms with Gasteiger partial charge >= 0.3 is 0 Å². The Labute approximate surface area is 151 Å². The molecule has 7 nitrogen and oxygen atoms in total. The molecule has 132 valence electrons. The first kappa shape index (κ1) is 17.6. The van der Waals surface area contributed by atoms with Gasteiger partial charge in [-0.25, -0.2) is 4.68 Å². The van der Waals surface area contributed by atoms with Crippen molar-refractivity contribution in [3.05, 3.63) is 35.7 Å². The van der Waals surface area contributed by atoms with Crippen LogP contribution in [0.5, 0.6) is 0 Å². The molecule has 0 saturated carbocycles. The fraction of sp³-hybridized carbons (Fsp3) is 0.471. The molecule has 0 aliphatic heterocycles. The van der Waals surface area contributed by atoms with Gasteiger partial charge in [0, 0.05) is 18.7 Å². The van der Waals surface area contributed by atoms with Gasteiger partial charge in [-0.05, 0) is 36.3 Å². The van der Waals surface area contributed by atoms with E-state index in [4.69, 9.17) is 0 Å². The number of hydrogen-bond donors (Lipinski definition) is 0. The molecule has 0 unspecified atom stereocenters. The zero-order chi connectivity index (χ0) is 17.6. The normalized spacial score (nSPS) is 11.2. The van der Waals surface area contributed by atoms with Crippen LogP contribution in [0, 0.1) is 6.92 Å². The quantitative estimate of drug-likeness (QED) is 0.576. The van der Waals surface area contributed by atoms with E-state index < -0.39 is 0 Å². The topological polar surface area (TPSA) is 74.3 Å². The third-order valence-corrected chi connectivity index (χ3v) is 4.77. The van der Waals surface area contributed by atoms with Gasteiger partial charge in [0.2, 0.25) is 0 Å². The lowest BCUT2D eigenvalue weighted by atomic mass is 10.1. The van der Waals surface area contributed by atoms with Crippen LogP contribution in [0.1, 0.15) is 38.1 Å². The van der Waals surface area contributed by atoms with Gasteiger partial charge < -0.3 is 4.57 Å². The average molecular weight is 357 g/mol. The molecule has 2 aromatic heterocycles. The van der Waals surface area contributed by atoms with Crippen molar-refractivity contribution in [2.24, 2.45) is 0 Å². The Bertz CT molecular complexity index is 824. The Morgan fingerprint density at radius 2 is 1.88 bits per heavy atom. The molecule has 3 rings (SSSR count). The van der Waals surface area contributed by atoms with Crippen molar-refractivity contribution < 1.29 is 0 Å². The molecule has 25 heavy (non-hydrogen) atoms. The second-order valence-electron chi connectivity index (χ2n) is 5.93. The zero-order valence-corrected chi connectivity index (χ0v) is 15.7. The lowest BCUT2D eigenvalue weighted by Gasteiger charge is -2.09. The first-order valence-corrected chi connectivity index (χ1v) is 9.59. The van der Waals surface area contributed by atoms with E-state index in [9.17, 15) is 0 Å². The van der Waals surface area contributed by atoms with E-state index in [-0.39, 0.29) is 0 Å². The van der Waals surface area contributed by atoms with Crippen molar-refractivity contribution >= 4 is 11.8 Å². The lowest BCUT2D eigenvalue weighted by Crippen LogP contribution is -2.05. The summed E-state index contributed by atoms with van der Waals surface area (Å²) >= 11 is 1.63. The summed E-state index contributed by atoms with van der Waals surface area (Å²) in [7, 11) is 0. The first-order chi connectivity index (χ1) is 12.2. The number of benzene rings is 1. The maximum absolute atomic E-state index is 4.44. The first-order valence-electron chi connectivity index (χ1n) is 8.61. The van der Waals surface area contributed by atoms with Crippen molar-refractivity contribution in [3.8, 4) is 11.4 Å². The number of aryl methyl sites for hydroxylation is 2. The molecule has 0 N–H and O–H groups in total. The second kappa shape index (κ2) is 8.24. The Balaban J connectivity index is 1.83. The summed E-state index contributed by atoms with van der Waals surface area (Å²) in [5.74, 6) is 2.47. The van der Waals surface area contributed by atoms with E-state index in [1.165, 1.54) is 5.56 Å². The van der Waals surface area contributed by atoms with E-state index >= 15 is 0 Å². The molecule has 0 spiro atoms. The summed E-state index contributed by atoms with van der Waals surface area (Å²) in [6.07, 6.45) is 2.03. The van der Waals surface area contributed by atoms with Crippen LogP contribution in [0.4, 0.5) is 0 Å². The molecular weight excluding hydrogens is 334 g/mol. The molecule has 0 radical (unpaired) electrons. The van der Waals surface area contributed by atoms with Crippen molar-refractivity contribution in [1.82, 2.24) is 35.0 Å². The van der Waals surface area contributed by atoms with Gasteiger partial charge in [0.15, 0.2) is 16.8 Å². The molecule has 0 aliphatic carbocycles. The van der Waals surface area contributed by atoms with Crippen molar-refractivity contribution in [3.63, 3.8) is 0 Å². The summed E-state index contributed by atoms with van der Waals surface area (Å²) in [6, 6.07) is 8.38. The van der Waals surface area contributed by atoms with Gasteiger partial charge in [0.1, 0.15) is 0 Å². The minimum absolute atomic E-state index is 0.683. The molecule has 0 amide bonds. The van der Waals surface area contributed by atoms with Gasteiger partial charge in [0.25, 0.3) is 0 Å². The van der Waals surface area contributed by atoms with Gasteiger partial charge in [0.05, 0.1) is 5.75 Å². The maximum atomic E-state index is 4.44. The van der Waals surface area contributed by atoms with Gasteiger partial charge in [-0.2, -0.15) is 0 Å². The van der Waals surface area contributed by atoms with Crippen LogP contribution in [-0.2, 0) is 18.8 Å². The molecule has 3 aromatic rings. The zero-order valence-electron chi connectivity index (χ0n) is 14.9. The molecule has 0 fully saturated rings. The summed E-state index contributed by atoms with van der Waals surface area (Å²) in [5, 5.41) is 21.7. The van der Waals surface area contributed by atoms with Crippen LogP contribution in [0.2, 0.25) is 0 Å². The molecule has 1 aromatic carbocycles. The van der Waals surface area contributed by atoms with Crippen LogP contribution in [-0.4, -0.2) is 35.0 Å². The Hall–Kier alpha value is -2.22. The SMILES string of the molecule is CCCn1nnnc1CSc1nnc(-c2cccc(C)c2)n1CCC. The summed E-state index contributed by atoms with van der Waals surface area (Å²) < 4.78 is 4.04. The molecule has 2 heterocycles. The largest absolute Gasteiger partial charge is 0.302 e. The van der Waals surface area contributed by atoms with Gasteiger partial charge in [-0.1, -0.05) is 49.4 Å².